The number of halogens is 1. The van der Waals surface area contributed by atoms with Crippen molar-refractivity contribution in [2.45, 2.75) is 20.3 Å². The van der Waals surface area contributed by atoms with Crippen LogP contribution in [0, 0.1) is 0 Å². The Hall–Kier alpha value is -0.550. The zero-order valence-electron chi connectivity index (χ0n) is 8.95. The summed E-state index contributed by atoms with van der Waals surface area (Å²) in [7, 11) is 0. The minimum atomic E-state index is -1.03. The second kappa shape index (κ2) is 7.70. The second-order valence-corrected chi connectivity index (χ2v) is 4.24. The summed E-state index contributed by atoms with van der Waals surface area (Å²) >= 11 is 4.60. The molecule has 0 unspecified atom stereocenters. The Morgan fingerprint density at radius 1 is 1.60 bits per heavy atom. The van der Waals surface area contributed by atoms with E-state index in [0.29, 0.717) is 9.51 Å². The Bertz CT molecular complexity index is 321. The summed E-state index contributed by atoms with van der Waals surface area (Å²) in [5.74, 6) is -1.03. The largest absolute Gasteiger partial charge is 0.476 e. The van der Waals surface area contributed by atoms with Crippen molar-refractivity contribution in [1.82, 2.24) is 0 Å². The van der Waals surface area contributed by atoms with E-state index in [1.807, 2.05) is 19.3 Å². The van der Waals surface area contributed by atoms with Crippen LogP contribution in [0.25, 0.3) is 0 Å². The highest BCUT2D eigenvalue weighted by atomic mass is 79.9. The molecule has 0 aliphatic carbocycles. The van der Waals surface area contributed by atoms with Gasteiger partial charge in [-0.1, -0.05) is 19.1 Å². The standard InChI is InChI=1S/C10H14BrNO2S/c1-4-6-8(15-3)12-9(10(13)14)7(11)5-2/h5-6H,4H2,1-3H3,(H,13,14)/b7-5+,8-6-,12-9+. The van der Waals surface area contributed by atoms with Gasteiger partial charge in [0.2, 0.25) is 0 Å². The highest BCUT2D eigenvalue weighted by Crippen LogP contribution is 2.17. The van der Waals surface area contributed by atoms with Crippen molar-refractivity contribution in [3.63, 3.8) is 0 Å². The molecule has 0 aliphatic rings. The Morgan fingerprint density at radius 3 is 2.53 bits per heavy atom. The summed E-state index contributed by atoms with van der Waals surface area (Å²) in [6.45, 7) is 3.74. The molecule has 1 N–H and O–H groups in total. The third-order valence-electron chi connectivity index (χ3n) is 1.49. The number of aliphatic imine (C=N–C) groups is 1. The molecule has 0 rings (SSSR count). The first-order valence-corrected chi connectivity index (χ1v) is 6.46. The van der Waals surface area contributed by atoms with Crippen LogP contribution in [0.3, 0.4) is 0 Å². The maximum absolute atomic E-state index is 10.9. The Kier molecular flexibility index (Phi) is 7.42. The van der Waals surface area contributed by atoms with Gasteiger partial charge < -0.3 is 5.11 Å². The maximum atomic E-state index is 10.9. The molecule has 84 valence electrons. The van der Waals surface area contributed by atoms with Crippen molar-refractivity contribution in [1.29, 1.82) is 0 Å². The van der Waals surface area contributed by atoms with Crippen molar-refractivity contribution in [3.8, 4) is 0 Å². The maximum Gasteiger partial charge on any atom is 0.355 e. The van der Waals surface area contributed by atoms with E-state index < -0.39 is 5.97 Å². The molecule has 0 spiro atoms. The molecule has 0 saturated carbocycles. The molecule has 0 radical (unpaired) electrons. The number of thioether (sulfide) groups is 1. The van der Waals surface area contributed by atoms with Crippen LogP contribution in [0.4, 0.5) is 0 Å². The van der Waals surface area contributed by atoms with Gasteiger partial charge in [-0.15, -0.1) is 11.8 Å². The average Bonchev–Trinajstić information content (AvgIpc) is 2.22. The first kappa shape index (κ1) is 14.5. The number of allylic oxidation sites excluding steroid dienone is 2. The van der Waals surface area contributed by atoms with Crippen LogP contribution < -0.4 is 0 Å². The minimum absolute atomic E-state index is 0.0338. The van der Waals surface area contributed by atoms with Gasteiger partial charge in [-0.05, 0) is 35.5 Å². The molecule has 0 heterocycles. The fourth-order valence-electron chi connectivity index (χ4n) is 0.800. The monoisotopic (exact) mass is 291 g/mol. The number of carboxylic acid groups (broad SMARTS) is 1. The lowest BCUT2D eigenvalue weighted by atomic mass is 10.3. The Labute approximate surface area is 102 Å². The molecule has 0 aromatic carbocycles. The zero-order valence-corrected chi connectivity index (χ0v) is 11.4. The van der Waals surface area contributed by atoms with Crippen LogP contribution in [-0.4, -0.2) is 23.0 Å². The van der Waals surface area contributed by atoms with Gasteiger partial charge in [-0.3, -0.25) is 0 Å². The molecule has 0 saturated heterocycles. The van der Waals surface area contributed by atoms with E-state index in [-0.39, 0.29) is 5.71 Å². The smallest absolute Gasteiger partial charge is 0.355 e. The highest BCUT2D eigenvalue weighted by molar-refractivity contribution is 9.12. The molecule has 0 fully saturated rings. The Morgan fingerprint density at radius 2 is 2.20 bits per heavy atom. The third-order valence-corrected chi connectivity index (χ3v) is 3.00. The van der Waals surface area contributed by atoms with Gasteiger partial charge in [0.25, 0.3) is 0 Å². The second-order valence-electron chi connectivity index (χ2n) is 2.56. The average molecular weight is 292 g/mol. The fourth-order valence-corrected chi connectivity index (χ4v) is 1.57. The number of hydrogen-bond donors (Lipinski definition) is 1. The van der Waals surface area contributed by atoms with Crippen molar-refractivity contribution in [3.05, 3.63) is 21.7 Å². The van der Waals surface area contributed by atoms with Crippen LogP contribution in [0.2, 0.25) is 0 Å². The topological polar surface area (TPSA) is 49.7 Å². The predicted molar refractivity (Wildman–Crippen MR) is 69.6 cm³/mol. The van der Waals surface area contributed by atoms with Crippen LogP contribution in [0.1, 0.15) is 20.3 Å². The van der Waals surface area contributed by atoms with Gasteiger partial charge in [-0.25, -0.2) is 9.79 Å². The molecule has 15 heavy (non-hydrogen) atoms. The van der Waals surface area contributed by atoms with Crippen LogP contribution in [0.5, 0.6) is 0 Å². The number of rotatable bonds is 5. The van der Waals surface area contributed by atoms with Gasteiger partial charge in [0.15, 0.2) is 5.71 Å². The van der Waals surface area contributed by atoms with Crippen molar-refractivity contribution < 1.29 is 9.90 Å². The molecule has 3 nitrogen and oxygen atoms in total. The summed E-state index contributed by atoms with van der Waals surface area (Å²) in [6, 6.07) is 0. The molecular weight excluding hydrogens is 278 g/mol. The Balaban J connectivity index is 5.15. The SMILES string of the molecule is C\C=C(Br)/C(=N\C(=C\CC)SC)C(=O)O. The molecular formula is C10H14BrNO2S. The van der Waals surface area contributed by atoms with E-state index >= 15 is 0 Å². The van der Waals surface area contributed by atoms with Gasteiger partial charge in [0.05, 0.1) is 5.03 Å². The number of carbonyl (C=O) groups is 1. The van der Waals surface area contributed by atoms with E-state index in [9.17, 15) is 4.79 Å². The summed E-state index contributed by atoms with van der Waals surface area (Å²) < 4.78 is 0.492. The molecule has 0 bridgehead atoms. The van der Waals surface area contributed by atoms with Crippen LogP contribution >= 0.6 is 27.7 Å². The molecule has 0 aromatic rings. The first-order chi connectivity index (χ1) is 7.06. The van der Waals surface area contributed by atoms with Gasteiger partial charge in [0, 0.05) is 4.48 Å². The number of carboxylic acids is 1. The minimum Gasteiger partial charge on any atom is -0.476 e. The lowest BCUT2D eigenvalue weighted by Gasteiger charge is -2.01. The van der Waals surface area contributed by atoms with Crippen molar-refractivity contribution in [2.75, 3.05) is 6.26 Å². The summed E-state index contributed by atoms with van der Waals surface area (Å²) in [5.41, 5.74) is 0.0338. The van der Waals surface area contributed by atoms with Gasteiger partial charge >= 0.3 is 5.97 Å². The highest BCUT2D eigenvalue weighted by Gasteiger charge is 2.12. The van der Waals surface area contributed by atoms with E-state index in [2.05, 4.69) is 20.9 Å². The van der Waals surface area contributed by atoms with Crippen molar-refractivity contribution >= 4 is 39.4 Å². The predicted octanol–water partition coefficient (Wildman–Crippen LogP) is 3.43. The molecule has 5 heteroatoms. The van der Waals surface area contributed by atoms with Crippen molar-refractivity contribution in [2.24, 2.45) is 4.99 Å². The normalized spacial score (nSPS) is 14.3. The van der Waals surface area contributed by atoms with E-state index in [0.717, 1.165) is 6.42 Å². The van der Waals surface area contributed by atoms with E-state index in [1.165, 1.54) is 11.8 Å². The van der Waals surface area contributed by atoms with Gasteiger partial charge in [-0.2, -0.15) is 0 Å². The lowest BCUT2D eigenvalue weighted by Crippen LogP contribution is -2.13. The molecule has 0 aromatic heterocycles. The number of aliphatic carboxylic acids is 1. The first-order valence-electron chi connectivity index (χ1n) is 4.45. The van der Waals surface area contributed by atoms with Gasteiger partial charge in [0.1, 0.15) is 0 Å². The fraction of sp³-hybridized carbons (Fsp3) is 0.400. The van der Waals surface area contributed by atoms with E-state index in [1.54, 1.807) is 13.0 Å². The van der Waals surface area contributed by atoms with Crippen LogP contribution in [0.15, 0.2) is 26.7 Å². The zero-order chi connectivity index (χ0) is 11.8. The quantitative estimate of drug-likeness (QED) is 0.790. The molecule has 0 aliphatic heterocycles. The number of nitrogens with zero attached hydrogens (tertiary/aromatic N) is 1. The summed E-state index contributed by atoms with van der Waals surface area (Å²) in [6.07, 6.45) is 6.26. The number of hydrogen-bond acceptors (Lipinski definition) is 3. The van der Waals surface area contributed by atoms with E-state index in [4.69, 9.17) is 5.11 Å². The molecule has 0 atom stereocenters. The third kappa shape index (κ3) is 5.18. The lowest BCUT2D eigenvalue weighted by molar-refractivity contribution is -0.129. The van der Waals surface area contributed by atoms with Crippen LogP contribution in [-0.2, 0) is 4.79 Å². The molecule has 0 amide bonds. The summed E-state index contributed by atoms with van der Waals surface area (Å²) in [5, 5.41) is 9.67. The summed E-state index contributed by atoms with van der Waals surface area (Å²) in [4.78, 5) is 15.0.